The van der Waals surface area contributed by atoms with Gasteiger partial charge in [-0.3, -0.25) is 9.58 Å². The fraction of sp³-hybridized carbons (Fsp3) is 0.769. The zero-order valence-electron chi connectivity index (χ0n) is 12.3. The molecule has 0 aliphatic carbocycles. The van der Waals surface area contributed by atoms with Crippen molar-refractivity contribution in [2.45, 2.75) is 19.9 Å². The highest BCUT2D eigenvalue weighted by molar-refractivity contribution is 9.10. The van der Waals surface area contributed by atoms with Crippen molar-refractivity contribution in [1.29, 1.82) is 0 Å². The number of aryl methyl sites for hydroxylation is 2. The molecule has 5 nitrogen and oxygen atoms in total. The maximum absolute atomic E-state index is 5.16. The highest BCUT2D eigenvalue weighted by Crippen LogP contribution is 2.22. The zero-order chi connectivity index (χ0) is 14.3. The van der Waals surface area contributed by atoms with Gasteiger partial charge in [0.1, 0.15) is 0 Å². The number of aromatic nitrogens is 2. The summed E-state index contributed by atoms with van der Waals surface area (Å²) >= 11 is 3.65. The second kappa shape index (κ2) is 8.68. The average molecular weight is 334 g/mol. The number of methoxy groups -OCH3 is 2. The van der Waals surface area contributed by atoms with E-state index < -0.39 is 0 Å². The first-order chi connectivity index (χ1) is 9.13. The molecule has 1 aromatic heterocycles. The fourth-order valence-corrected chi connectivity index (χ4v) is 2.66. The maximum Gasteiger partial charge on any atom is 0.0767 e. The quantitative estimate of drug-likeness (QED) is 0.691. The first-order valence-corrected chi connectivity index (χ1v) is 7.33. The Balaban J connectivity index is 2.73. The summed E-state index contributed by atoms with van der Waals surface area (Å²) in [6, 6.07) is 0. The third kappa shape index (κ3) is 4.87. The van der Waals surface area contributed by atoms with E-state index in [-0.39, 0.29) is 0 Å². The molecule has 110 valence electrons. The van der Waals surface area contributed by atoms with Gasteiger partial charge in [0.05, 0.1) is 29.1 Å². The van der Waals surface area contributed by atoms with Crippen LogP contribution in [0.3, 0.4) is 0 Å². The summed E-state index contributed by atoms with van der Waals surface area (Å²) in [6.07, 6.45) is 0.935. The summed E-state index contributed by atoms with van der Waals surface area (Å²) in [6.45, 7) is 6.18. The van der Waals surface area contributed by atoms with Crippen molar-refractivity contribution in [3.05, 3.63) is 15.9 Å². The lowest BCUT2D eigenvalue weighted by atomic mass is 10.3. The number of nitrogens with zero attached hydrogens (tertiary/aromatic N) is 3. The van der Waals surface area contributed by atoms with Gasteiger partial charge in [0.15, 0.2) is 0 Å². The lowest BCUT2D eigenvalue weighted by molar-refractivity contribution is 0.108. The fourth-order valence-electron chi connectivity index (χ4n) is 1.91. The molecule has 0 fully saturated rings. The van der Waals surface area contributed by atoms with E-state index in [4.69, 9.17) is 9.47 Å². The summed E-state index contributed by atoms with van der Waals surface area (Å²) < 4.78 is 13.4. The highest BCUT2D eigenvalue weighted by Gasteiger charge is 2.15. The van der Waals surface area contributed by atoms with Crippen molar-refractivity contribution in [2.24, 2.45) is 7.05 Å². The van der Waals surface area contributed by atoms with Gasteiger partial charge in [-0.2, -0.15) is 5.10 Å². The molecule has 19 heavy (non-hydrogen) atoms. The SMILES string of the molecule is CCc1nn(C)c(CN(CCOC)CCOC)c1Br. The summed E-state index contributed by atoms with van der Waals surface area (Å²) in [4.78, 5) is 2.31. The molecule has 0 bridgehead atoms. The van der Waals surface area contributed by atoms with E-state index >= 15 is 0 Å². The normalized spacial score (nSPS) is 11.5. The van der Waals surface area contributed by atoms with Crippen molar-refractivity contribution in [2.75, 3.05) is 40.5 Å². The van der Waals surface area contributed by atoms with E-state index in [1.54, 1.807) is 14.2 Å². The Morgan fingerprint density at radius 2 is 1.79 bits per heavy atom. The van der Waals surface area contributed by atoms with E-state index in [1.807, 2.05) is 11.7 Å². The van der Waals surface area contributed by atoms with Gasteiger partial charge in [0.25, 0.3) is 0 Å². The van der Waals surface area contributed by atoms with Crippen LogP contribution in [-0.2, 0) is 29.5 Å². The molecule has 0 saturated heterocycles. The van der Waals surface area contributed by atoms with Gasteiger partial charge in [-0.05, 0) is 22.4 Å². The Labute approximate surface area is 124 Å². The summed E-state index contributed by atoms with van der Waals surface area (Å²) in [5.74, 6) is 0. The highest BCUT2D eigenvalue weighted by atomic mass is 79.9. The van der Waals surface area contributed by atoms with Crippen LogP contribution < -0.4 is 0 Å². The van der Waals surface area contributed by atoms with E-state index in [1.165, 1.54) is 5.69 Å². The number of ether oxygens (including phenoxy) is 2. The van der Waals surface area contributed by atoms with E-state index in [0.717, 1.165) is 49.4 Å². The van der Waals surface area contributed by atoms with Crippen LogP contribution in [0.15, 0.2) is 4.47 Å². The summed E-state index contributed by atoms with van der Waals surface area (Å²) in [5, 5.41) is 4.52. The van der Waals surface area contributed by atoms with Crippen LogP contribution in [0.25, 0.3) is 0 Å². The molecular formula is C13H24BrN3O2. The molecular weight excluding hydrogens is 310 g/mol. The molecule has 0 unspecified atom stereocenters. The second-order valence-electron chi connectivity index (χ2n) is 4.45. The number of rotatable bonds is 9. The lowest BCUT2D eigenvalue weighted by Gasteiger charge is -2.21. The summed E-state index contributed by atoms with van der Waals surface area (Å²) in [5.41, 5.74) is 2.31. The third-order valence-corrected chi connectivity index (χ3v) is 4.01. The molecule has 0 aromatic carbocycles. The third-order valence-electron chi connectivity index (χ3n) is 3.10. The topological polar surface area (TPSA) is 39.5 Å². The van der Waals surface area contributed by atoms with E-state index in [2.05, 4.69) is 32.9 Å². The molecule has 0 N–H and O–H groups in total. The van der Waals surface area contributed by atoms with Gasteiger partial charge >= 0.3 is 0 Å². The standard InChI is InChI=1S/C13H24BrN3O2/c1-5-11-13(14)12(16(2)15-11)10-17(6-8-18-3)7-9-19-4/h5-10H2,1-4H3. The molecule has 0 amide bonds. The Morgan fingerprint density at radius 3 is 2.21 bits per heavy atom. The molecule has 0 spiro atoms. The van der Waals surface area contributed by atoms with Gasteiger partial charge in [-0.1, -0.05) is 6.92 Å². The van der Waals surface area contributed by atoms with Crippen molar-refractivity contribution in [1.82, 2.24) is 14.7 Å². The van der Waals surface area contributed by atoms with Crippen molar-refractivity contribution in [3.63, 3.8) is 0 Å². The predicted octanol–water partition coefficient (Wildman–Crippen LogP) is 1.84. The second-order valence-corrected chi connectivity index (χ2v) is 5.24. The molecule has 1 rings (SSSR count). The Morgan fingerprint density at radius 1 is 1.21 bits per heavy atom. The van der Waals surface area contributed by atoms with Crippen molar-refractivity contribution in [3.8, 4) is 0 Å². The molecule has 0 aliphatic heterocycles. The van der Waals surface area contributed by atoms with Gasteiger partial charge in [-0.25, -0.2) is 0 Å². The average Bonchev–Trinajstić information content (AvgIpc) is 2.68. The first kappa shape index (κ1) is 16.6. The molecule has 0 radical (unpaired) electrons. The minimum Gasteiger partial charge on any atom is -0.383 e. The van der Waals surface area contributed by atoms with Crippen LogP contribution in [0.2, 0.25) is 0 Å². The number of hydrogen-bond acceptors (Lipinski definition) is 4. The molecule has 0 atom stereocenters. The Bertz CT molecular complexity index is 374. The zero-order valence-corrected chi connectivity index (χ0v) is 13.9. The minimum absolute atomic E-state index is 0.722. The molecule has 1 aromatic rings. The largest absolute Gasteiger partial charge is 0.383 e. The van der Waals surface area contributed by atoms with Crippen molar-refractivity contribution < 1.29 is 9.47 Å². The van der Waals surface area contributed by atoms with Crippen LogP contribution in [0.1, 0.15) is 18.3 Å². The molecule has 0 aliphatic rings. The summed E-state index contributed by atoms with van der Waals surface area (Å²) in [7, 11) is 5.44. The van der Waals surface area contributed by atoms with Crippen LogP contribution in [0.5, 0.6) is 0 Å². The van der Waals surface area contributed by atoms with Crippen molar-refractivity contribution >= 4 is 15.9 Å². The van der Waals surface area contributed by atoms with Crippen LogP contribution in [0.4, 0.5) is 0 Å². The lowest BCUT2D eigenvalue weighted by Crippen LogP contribution is -2.31. The number of halogens is 1. The van der Waals surface area contributed by atoms with Gasteiger partial charge in [0.2, 0.25) is 0 Å². The minimum atomic E-state index is 0.722. The smallest absolute Gasteiger partial charge is 0.0767 e. The van der Waals surface area contributed by atoms with Gasteiger partial charge in [-0.15, -0.1) is 0 Å². The number of hydrogen-bond donors (Lipinski definition) is 0. The maximum atomic E-state index is 5.16. The van der Waals surface area contributed by atoms with E-state index in [9.17, 15) is 0 Å². The van der Waals surface area contributed by atoms with Crippen LogP contribution >= 0.6 is 15.9 Å². The van der Waals surface area contributed by atoms with Crippen LogP contribution in [0, 0.1) is 0 Å². The first-order valence-electron chi connectivity index (χ1n) is 6.54. The molecule has 1 heterocycles. The Hall–Kier alpha value is -0.430. The monoisotopic (exact) mass is 333 g/mol. The Kier molecular flexibility index (Phi) is 7.60. The van der Waals surface area contributed by atoms with Crippen LogP contribution in [-0.4, -0.2) is 55.2 Å². The molecule has 0 saturated carbocycles. The van der Waals surface area contributed by atoms with E-state index in [0.29, 0.717) is 0 Å². The van der Waals surface area contributed by atoms with Gasteiger partial charge < -0.3 is 9.47 Å². The molecule has 6 heteroatoms. The van der Waals surface area contributed by atoms with Gasteiger partial charge in [0, 0.05) is 40.9 Å². The predicted molar refractivity (Wildman–Crippen MR) is 79.3 cm³/mol.